The first-order valence-electron chi connectivity index (χ1n) is 7.24. The summed E-state index contributed by atoms with van der Waals surface area (Å²) in [7, 11) is 0. The lowest BCUT2D eigenvalue weighted by atomic mass is 9.83. The number of benzene rings is 2. The largest absolute Gasteiger partial charge is 0.493 e. The van der Waals surface area contributed by atoms with Gasteiger partial charge < -0.3 is 9.84 Å². The Hall–Kier alpha value is -2.28. The van der Waals surface area contributed by atoms with Crippen molar-refractivity contribution in [3.8, 4) is 5.75 Å². The fraction of sp³-hybridized carbons (Fsp3) is 0.235. The normalized spacial score (nSPS) is 16.9. The minimum atomic E-state index is -4.72. The maximum absolute atomic E-state index is 13.4. The first-order valence-corrected chi connectivity index (χ1v) is 7.62. The molecule has 1 aliphatic rings. The van der Waals surface area contributed by atoms with Crippen molar-refractivity contribution in [2.24, 2.45) is 0 Å². The molecular weight excluding hydrogens is 364 g/mol. The van der Waals surface area contributed by atoms with Crippen LogP contribution in [0.4, 0.5) is 17.6 Å². The number of carboxylic acids is 1. The molecule has 0 saturated heterocycles. The van der Waals surface area contributed by atoms with Crippen LogP contribution in [0.5, 0.6) is 5.75 Å². The first kappa shape index (κ1) is 17.5. The van der Waals surface area contributed by atoms with Gasteiger partial charge in [-0.3, -0.25) is 0 Å². The fourth-order valence-corrected chi connectivity index (χ4v) is 3.24. The number of rotatable bonds is 2. The van der Waals surface area contributed by atoms with Crippen LogP contribution in [-0.4, -0.2) is 17.7 Å². The Bertz CT molecular complexity index is 849. The molecule has 3 nitrogen and oxygen atoms in total. The number of aromatic carboxylic acids is 1. The minimum Gasteiger partial charge on any atom is -0.493 e. The molecule has 132 valence electrons. The Morgan fingerprint density at radius 1 is 1.20 bits per heavy atom. The van der Waals surface area contributed by atoms with Gasteiger partial charge in [-0.15, -0.1) is 0 Å². The molecule has 0 radical (unpaired) electrons. The number of hydrogen-bond acceptors (Lipinski definition) is 2. The first-order chi connectivity index (χ1) is 11.7. The van der Waals surface area contributed by atoms with E-state index in [1.807, 2.05) is 0 Å². The van der Waals surface area contributed by atoms with E-state index in [1.54, 1.807) is 0 Å². The predicted molar refractivity (Wildman–Crippen MR) is 81.8 cm³/mol. The van der Waals surface area contributed by atoms with Crippen molar-refractivity contribution in [2.75, 3.05) is 6.61 Å². The highest BCUT2D eigenvalue weighted by atomic mass is 35.5. The SMILES string of the molecule is O=C(O)c1cc(Cl)c(C(F)(F)F)cc1C1CCOc2cc(F)ccc21. The average molecular weight is 375 g/mol. The summed E-state index contributed by atoms with van der Waals surface area (Å²) in [6.07, 6.45) is -4.46. The summed E-state index contributed by atoms with van der Waals surface area (Å²) in [5.41, 5.74) is -1.02. The topological polar surface area (TPSA) is 46.5 Å². The molecule has 0 amide bonds. The van der Waals surface area contributed by atoms with Crippen molar-refractivity contribution in [3.05, 3.63) is 63.4 Å². The maximum Gasteiger partial charge on any atom is 0.417 e. The van der Waals surface area contributed by atoms with Gasteiger partial charge in [-0.05, 0) is 30.2 Å². The van der Waals surface area contributed by atoms with Gasteiger partial charge in [-0.1, -0.05) is 17.7 Å². The van der Waals surface area contributed by atoms with E-state index in [9.17, 15) is 27.5 Å². The smallest absolute Gasteiger partial charge is 0.417 e. The van der Waals surface area contributed by atoms with Gasteiger partial charge in [0, 0.05) is 17.5 Å². The van der Waals surface area contributed by atoms with Crippen molar-refractivity contribution < 1.29 is 32.2 Å². The van der Waals surface area contributed by atoms with E-state index in [4.69, 9.17) is 16.3 Å². The summed E-state index contributed by atoms with van der Waals surface area (Å²) in [6, 6.07) is 5.24. The Labute approximate surface area is 144 Å². The highest BCUT2D eigenvalue weighted by Crippen LogP contribution is 2.43. The molecule has 2 aromatic carbocycles. The molecule has 3 rings (SSSR count). The summed E-state index contributed by atoms with van der Waals surface area (Å²) in [5, 5.41) is 8.69. The van der Waals surface area contributed by atoms with E-state index in [1.165, 1.54) is 6.07 Å². The van der Waals surface area contributed by atoms with Crippen molar-refractivity contribution in [1.82, 2.24) is 0 Å². The van der Waals surface area contributed by atoms with E-state index in [0.717, 1.165) is 24.3 Å². The van der Waals surface area contributed by atoms with Crippen molar-refractivity contribution in [2.45, 2.75) is 18.5 Å². The van der Waals surface area contributed by atoms with Crippen LogP contribution >= 0.6 is 11.6 Å². The zero-order valence-corrected chi connectivity index (χ0v) is 13.3. The molecule has 0 fully saturated rings. The van der Waals surface area contributed by atoms with Gasteiger partial charge in [-0.25, -0.2) is 9.18 Å². The molecule has 0 spiro atoms. The third-order valence-electron chi connectivity index (χ3n) is 4.07. The van der Waals surface area contributed by atoms with Gasteiger partial charge in [0.15, 0.2) is 0 Å². The standard InChI is InChI=1S/C17H11ClF4O3/c18-14-7-12(16(23)24)11(6-13(14)17(20,21)22)9-3-4-25-15-5-8(19)1-2-10(9)15/h1-2,5-7,9H,3-4H2,(H,23,24). The lowest BCUT2D eigenvalue weighted by molar-refractivity contribution is -0.137. The van der Waals surface area contributed by atoms with Crippen LogP contribution in [0.25, 0.3) is 0 Å². The molecular formula is C17H11ClF4O3. The van der Waals surface area contributed by atoms with Crippen LogP contribution in [0.2, 0.25) is 5.02 Å². The van der Waals surface area contributed by atoms with E-state index in [0.29, 0.717) is 5.56 Å². The van der Waals surface area contributed by atoms with E-state index in [-0.39, 0.29) is 29.9 Å². The van der Waals surface area contributed by atoms with Gasteiger partial charge in [0.1, 0.15) is 11.6 Å². The van der Waals surface area contributed by atoms with Crippen molar-refractivity contribution in [3.63, 3.8) is 0 Å². The molecule has 0 bridgehead atoms. The number of carbonyl (C=O) groups is 1. The maximum atomic E-state index is 13.4. The van der Waals surface area contributed by atoms with Gasteiger partial charge in [0.05, 0.1) is 22.8 Å². The molecule has 1 heterocycles. The molecule has 25 heavy (non-hydrogen) atoms. The number of alkyl halides is 3. The lowest BCUT2D eigenvalue weighted by Crippen LogP contribution is -2.19. The van der Waals surface area contributed by atoms with Gasteiger partial charge in [0.2, 0.25) is 0 Å². The minimum absolute atomic E-state index is 0.0274. The number of carboxylic acid groups (broad SMARTS) is 1. The molecule has 8 heteroatoms. The van der Waals surface area contributed by atoms with E-state index in [2.05, 4.69) is 0 Å². The zero-order valence-electron chi connectivity index (χ0n) is 12.5. The predicted octanol–water partition coefficient (Wildman–Crippen LogP) is 5.11. The molecule has 1 aliphatic heterocycles. The summed E-state index contributed by atoms with van der Waals surface area (Å²) < 4.78 is 58.2. The van der Waals surface area contributed by atoms with Gasteiger partial charge in [0.25, 0.3) is 0 Å². The second kappa shape index (κ2) is 6.22. The van der Waals surface area contributed by atoms with Crippen LogP contribution in [0.3, 0.4) is 0 Å². The number of fused-ring (bicyclic) bond motifs is 1. The molecule has 1 atom stereocenters. The second-order valence-corrected chi connectivity index (χ2v) is 6.00. The zero-order chi connectivity index (χ0) is 18.4. The average Bonchev–Trinajstić information content (AvgIpc) is 2.52. The third-order valence-corrected chi connectivity index (χ3v) is 4.38. The quantitative estimate of drug-likeness (QED) is 0.743. The Kier molecular flexibility index (Phi) is 4.36. The number of hydrogen-bond donors (Lipinski definition) is 1. The summed E-state index contributed by atoms with van der Waals surface area (Å²) in [6.45, 7) is 0.129. The van der Waals surface area contributed by atoms with Crippen LogP contribution in [0.15, 0.2) is 30.3 Å². The highest BCUT2D eigenvalue weighted by Gasteiger charge is 2.36. The van der Waals surface area contributed by atoms with Gasteiger partial charge >= 0.3 is 12.1 Å². The number of ether oxygens (including phenoxy) is 1. The van der Waals surface area contributed by atoms with E-state index >= 15 is 0 Å². The molecule has 0 saturated carbocycles. The van der Waals surface area contributed by atoms with Gasteiger partial charge in [-0.2, -0.15) is 13.2 Å². The Balaban J connectivity index is 2.22. The third kappa shape index (κ3) is 3.28. The summed E-state index contributed by atoms with van der Waals surface area (Å²) in [5.74, 6) is -2.42. The molecule has 2 aromatic rings. The van der Waals surface area contributed by atoms with Crippen LogP contribution in [0.1, 0.15) is 39.4 Å². The molecule has 0 aliphatic carbocycles. The van der Waals surface area contributed by atoms with Crippen molar-refractivity contribution >= 4 is 17.6 Å². The second-order valence-electron chi connectivity index (χ2n) is 5.59. The molecule has 1 unspecified atom stereocenters. The van der Waals surface area contributed by atoms with Crippen LogP contribution < -0.4 is 4.74 Å². The monoisotopic (exact) mass is 374 g/mol. The molecule has 1 N–H and O–H groups in total. The van der Waals surface area contributed by atoms with Crippen LogP contribution in [0, 0.1) is 5.82 Å². The lowest BCUT2D eigenvalue weighted by Gasteiger charge is -2.28. The fourth-order valence-electron chi connectivity index (χ4n) is 2.97. The number of halogens is 5. The summed E-state index contributed by atoms with van der Waals surface area (Å²) >= 11 is 5.63. The van der Waals surface area contributed by atoms with Crippen molar-refractivity contribution in [1.29, 1.82) is 0 Å². The Morgan fingerprint density at radius 3 is 2.56 bits per heavy atom. The Morgan fingerprint density at radius 2 is 1.92 bits per heavy atom. The molecule has 0 aromatic heterocycles. The highest BCUT2D eigenvalue weighted by molar-refractivity contribution is 6.31. The summed E-state index contributed by atoms with van der Waals surface area (Å²) in [4.78, 5) is 11.5. The van der Waals surface area contributed by atoms with Crippen LogP contribution in [-0.2, 0) is 6.18 Å². The van der Waals surface area contributed by atoms with E-state index < -0.39 is 34.5 Å².